The van der Waals surface area contributed by atoms with Crippen molar-refractivity contribution in [2.45, 2.75) is 32.4 Å². The molecule has 1 heterocycles. The number of benzene rings is 1. The van der Waals surface area contributed by atoms with E-state index in [0.717, 1.165) is 35.8 Å². The molecule has 0 spiro atoms. The lowest BCUT2D eigenvalue weighted by Gasteiger charge is -2.23. The maximum absolute atomic E-state index is 5.90. The van der Waals surface area contributed by atoms with Crippen molar-refractivity contribution in [1.82, 2.24) is 16.0 Å². The van der Waals surface area contributed by atoms with Crippen molar-refractivity contribution in [3.05, 3.63) is 41.4 Å². The van der Waals surface area contributed by atoms with Crippen LogP contribution in [-0.2, 0) is 0 Å². The fourth-order valence-corrected chi connectivity index (χ4v) is 2.37. The molecule has 0 aromatic heterocycles. The Morgan fingerprint density at radius 2 is 2.20 bits per heavy atom. The zero-order valence-corrected chi connectivity index (χ0v) is 12.9. The van der Waals surface area contributed by atoms with Crippen molar-refractivity contribution < 1.29 is 0 Å². The van der Waals surface area contributed by atoms with Crippen LogP contribution in [0.15, 0.2) is 36.4 Å². The highest BCUT2D eigenvalue weighted by Gasteiger charge is 2.19. The van der Waals surface area contributed by atoms with Gasteiger partial charge in [-0.05, 0) is 44.5 Å². The summed E-state index contributed by atoms with van der Waals surface area (Å²) in [6.07, 6.45) is 0.999. The number of anilines is 1. The fraction of sp³-hybridized carbons (Fsp3) is 0.467. The second kappa shape index (κ2) is 7.09. The third kappa shape index (κ3) is 4.49. The van der Waals surface area contributed by atoms with E-state index in [9.17, 15) is 0 Å². The second-order valence-electron chi connectivity index (χ2n) is 5.44. The van der Waals surface area contributed by atoms with Crippen LogP contribution < -0.4 is 16.3 Å². The lowest BCUT2D eigenvalue weighted by molar-refractivity contribution is 0.228. The van der Waals surface area contributed by atoms with Crippen molar-refractivity contribution >= 4 is 17.3 Å². The van der Waals surface area contributed by atoms with E-state index < -0.39 is 0 Å². The van der Waals surface area contributed by atoms with Gasteiger partial charge in [-0.2, -0.15) is 5.53 Å². The molecule has 0 amide bonds. The van der Waals surface area contributed by atoms with Gasteiger partial charge in [0.25, 0.3) is 0 Å². The molecule has 0 bridgehead atoms. The third-order valence-electron chi connectivity index (χ3n) is 3.43. The minimum atomic E-state index is 0.258. The smallest absolute Gasteiger partial charge is 0.0481 e. The van der Waals surface area contributed by atoms with E-state index in [4.69, 9.17) is 11.6 Å². The summed E-state index contributed by atoms with van der Waals surface area (Å²) in [5.74, 6) is 0. The summed E-state index contributed by atoms with van der Waals surface area (Å²) >= 11 is 5.90. The molecule has 0 saturated carbocycles. The predicted molar refractivity (Wildman–Crippen MR) is 85.6 cm³/mol. The van der Waals surface area contributed by atoms with Gasteiger partial charge in [0, 0.05) is 35.9 Å². The molecule has 1 aromatic carbocycles. The Balaban J connectivity index is 1.87. The molecule has 20 heavy (non-hydrogen) atoms. The largest absolute Gasteiger partial charge is 0.379 e. The lowest BCUT2D eigenvalue weighted by atomic mass is 10.1. The molecule has 0 radical (unpaired) electrons. The highest BCUT2D eigenvalue weighted by molar-refractivity contribution is 6.30. The third-order valence-corrected chi connectivity index (χ3v) is 3.68. The SMILES string of the molecule is C=C(C)C(CCN1CC(C)NN1)Nc1ccc(Cl)cc1. The molecule has 5 heteroatoms. The molecule has 4 nitrogen and oxygen atoms in total. The number of hydrazine groups is 2. The average molecular weight is 295 g/mol. The number of hydrogen-bond donors (Lipinski definition) is 3. The molecule has 1 aliphatic heterocycles. The molecule has 1 aliphatic rings. The molecule has 2 atom stereocenters. The summed E-state index contributed by atoms with van der Waals surface area (Å²) in [5, 5.41) is 6.46. The molecule has 0 aliphatic carbocycles. The molecule has 1 aromatic rings. The molecule has 1 fully saturated rings. The van der Waals surface area contributed by atoms with Crippen LogP contribution in [0, 0.1) is 0 Å². The first-order chi connectivity index (χ1) is 9.54. The van der Waals surface area contributed by atoms with Gasteiger partial charge in [-0.25, -0.2) is 10.4 Å². The van der Waals surface area contributed by atoms with Crippen molar-refractivity contribution in [2.75, 3.05) is 18.4 Å². The van der Waals surface area contributed by atoms with Crippen molar-refractivity contribution in [2.24, 2.45) is 0 Å². The summed E-state index contributed by atoms with van der Waals surface area (Å²) in [7, 11) is 0. The number of nitrogens with zero attached hydrogens (tertiary/aromatic N) is 1. The summed E-state index contributed by atoms with van der Waals surface area (Å²) in [5.41, 5.74) is 8.59. The van der Waals surface area contributed by atoms with E-state index in [2.05, 4.69) is 41.7 Å². The molecule has 2 rings (SSSR count). The van der Waals surface area contributed by atoms with Gasteiger partial charge < -0.3 is 5.32 Å². The zero-order valence-electron chi connectivity index (χ0n) is 12.1. The van der Waals surface area contributed by atoms with Crippen LogP contribution in [0.25, 0.3) is 0 Å². The van der Waals surface area contributed by atoms with Crippen LogP contribution in [0.3, 0.4) is 0 Å². The van der Waals surface area contributed by atoms with Gasteiger partial charge in [0.05, 0.1) is 0 Å². The maximum Gasteiger partial charge on any atom is 0.0481 e. The summed E-state index contributed by atoms with van der Waals surface area (Å²) in [4.78, 5) is 0. The Morgan fingerprint density at radius 1 is 1.50 bits per heavy atom. The number of rotatable bonds is 6. The van der Waals surface area contributed by atoms with Crippen LogP contribution in [0.1, 0.15) is 20.3 Å². The summed E-state index contributed by atoms with van der Waals surface area (Å²) < 4.78 is 0. The predicted octanol–water partition coefficient (Wildman–Crippen LogP) is 2.80. The highest BCUT2D eigenvalue weighted by Crippen LogP contribution is 2.17. The van der Waals surface area contributed by atoms with Crippen LogP contribution in [0.5, 0.6) is 0 Å². The van der Waals surface area contributed by atoms with E-state index >= 15 is 0 Å². The van der Waals surface area contributed by atoms with Crippen LogP contribution in [0.2, 0.25) is 5.02 Å². The van der Waals surface area contributed by atoms with Gasteiger partial charge in [-0.3, -0.25) is 0 Å². The average Bonchev–Trinajstić information content (AvgIpc) is 2.82. The van der Waals surface area contributed by atoms with E-state index in [1.54, 1.807) is 0 Å². The van der Waals surface area contributed by atoms with Gasteiger partial charge in [0.15, 0.2) is 0 Å². The number of halogens is 1. The van der Waals surface area contributed by atoms with E-state index in [0.29, 0.717) is 6.04 Å². The summed E-state index contributed by atoms with van der Waals surface area (Å²) in [6.45, 7) is 10.3. The van der Waals surface area contributed by atoms with Gasteiger partial charge >= 0.3 is 0 Å². The van der Waals surface area contributed by atoms with Crippen molar-refractivity contribution in [1.29, 1.82) is 0 Å². The topological polar surface area (TPSA) is 39.3 Å². The second-order valence-corrected chi connectivity index (χ2v) is 5.88. The first-order valence-corrected chi connectivity index (χ1v) is 7.36. The van der Waals surface area contributed by atoms with Crippen molar-refractivity contribution in [3.8, 4) is 0 Å². The Hall–Kier alpha value is -1.07. The number of hydrogen-bond acceptors (Lipinski definition) is 4. The Morgan fingerprint density at radius 3 is 2.75 bits per heavy atom. The molecule has 3 N–H and O–H groups in total. The van der Waals surface area contributed by atoms with Gasteiger partial charge in [-0.15, -0.1) is 0 Å². The summed E-state index contributed by atoms with van der Waals surface area (Å²) in [6, 6.07) is 8.53. The van der Waals surface area contributed by atoms with Crippen LogP contribution >= 0.6 is 11.6 Å². The number of nitrogens with one attached hydrogen (secondary N) is 3. The van der Waals surface area contributed by atoms with E-state index in [-0.39, 0.29) is 6.04 Å². The Bertz CT molecular complexity index is 446. The minimum Gasteiger partial charge on any atom is -0.379 e. The van der Waals surface area contributed by atoms with Gasteiger partial charge in [0.1, 0.15) is 0 Å². The van der Waals surface area contributed by atoms with Crippen LogP contribution in [-0.4, -0.2) is 30.2 Å². The molecular weight excluding hydrogens is 272 g/mol. The lowest BCUT2D eigenvalue weighted by Crippen LogP contribution is -2.39. The normalized spacial score (nSPS) is 20.9. The standard InChI is InChI=1S/C15H23ClN4/c1-11(2)15(8-9-20-10-12(3)18-19-20)17-14-6-4-13(16)5-7-14/h4-7,12,15,17-19H,1,8-10H2,2-3H3. The van der Waals surface area contributed by atoms with E-state index in [1.165, 1.54) is 0 Å². The molecule has 110 valence electrons. The first kappa shape index (κ1) is 15.3. The van der Waals surface area contributed by atoms with Gasteiger partial charge in [0.2, 0.25) is 0 Å². The quantitative estimate of drug-likeness (QED) is 0.706. The fourth-order valence-electron chi connectivity index (χ4n) is 2.24. The monoisotopic (exact) mass is 294 g/mol. The zero-order chi connectivity index (χ0) is 14.5. The van der Waals surface area contributed by atoms with E-state index in [1.807, 2.05) is 24.3 Å². The Labute approximate surface area is 126 Å². The van der Waals surface area contributed by atoms with Crippen molar-refractivity contribution in [3.63, 3.8) is 0 Å². The Kier molecular flexibility index (Phi) is 5.43. The van der Waals surface area contributed by atoms with Gasteiger partial charge in [-0.1, -0.05) is 23.8 Å². The highest BCUT2D eigenvalue weighted by atomic mass is 35.5. The molecule has 1 saturated heterocycles. The molecular formula is C15H23ClN4. The molecule has 2 unspecified atom stereocenters. The first-order valence-electron chi connectivity index (χ1n) is 6.98. The minimum absolute atomic E-state index is 0.258. The van der Waals surface area contributed by atoms with Crippen LogP contribution in [0.4, 0.5) is 5.69 Å². The maximum atomic E-state index is 5.90.